The Bertz CT molecular complexity index is 496. The Balaban J connectivity index is 1.96. The van der Waals surface area contributed by atoms with E-state index in [0.717, 1.165) is 24.2 Å². The van der Waals surface area contributed by atoms with Crippen LogP contribution in [0.2, 0.25) is 0 Å². The van der Waals surface area contributed by atoms with Gasteiger partial charge in [0, 0.05) is 18.0 Å². The number of hydrogen-bond acceptors (Lipinski definition) is 2. The Hall–Kier alpha value is -1.80. The van der Waals surface area contributed by atoms with Crippen molar-refractivity contribution in [3.8, 4) is 5.75 Å². The van der Waals surface area contributed by atoms with Crippen molar-refractivity contribution in [1.82, 2.24) is 0 Å². The molecule has 0 heterocycles. The van der Waals surface area contributed by atoms with Crippen molar-refractivity contribution in [2.75, 3.05) is 6.61 Å². The van der Waals surface area contributed by atoms with E-state index in [1.165, 1.54) is 5.56 Å². The van der Waals surface area contributed by atoms with Crippen LogP contribution < -0.4 is 10.5 Å². The zero-order valence-electron chi connectivity index (χ0n) is 11.4. The number of ether oxygens (including phenoxy) is 1. The van der Waals surface area contributed by atoms with Gasteiger partial charge in [-0.05, 0) is 18.1 Å². The summed E-state index contributed by atoms with van der Waals surface area (Å²) in [4.78, 5) is 0. The Morgan fingerprint density at radius 1 is 1.00 bits per heavy atom. The molecule has 0 saturated heterocycles. The molecular formula is C17H21NO. The lowest BCUT2D eigenvalue weighted by Crippen LogP contribution is -2.11. The van der Waals surface area contributed by atoms with E-state index in [4.69, 9.17) is 10.5 Å². The second-order valence-corrected chi connectivity index (χ2v) is 4.64. The minimum Gasteiger partial charge on any atom is -0.493 e. The van der Waals surface area contributed by atoms with E-state index in [1.54, 1.807) is 0 Å². The number of rotatable bonds is 6. The first kappa shape index (κ1) is 13.6. The van der Waals surface area contributed by atoms with Crippen LogP contribution in [0.25, 0.3) is 0 Å². The average Bonchev–Trinajstić information content (AvgIpc) is 2.48. The molecule has 2 heteroatoms. The molecule has 1 atom stereocenters. The predicted octanol–water partition coefficient (Wildman–Crippen LogP) is 3.72. The highest BCUT2D eigenvalue weighted by Crippen LogP contribution is 2.25. The van der Waals surface area contributed by atoms with E-state index < -0.39 is 0 Å². The quantitative estimate of drug-likeness (QED) is 0.854. The third kappa shape index (κ3) is 3.83. The van der Waals surface area contributed by atoms with Gasteiger partial charge in [0.15, 0.2) is 0 Å². The molecule has 0 radical (unpaired) electrons. The van der Waals surface area contributed by atoms with E-state index in [9.17, 15) is 0 Å². The van der Waals surface area contributed by atoms with Gasteiger partial charge >= 0.3 is 0 Å². The Kier molecular flexibility index (Phi) is 4.99. The highest BCUT2D eigenvalue weighted by Gasteiger charge is 2.09. The summed E-state index contributed by atoms with van der Waals surface area (Å²) in [7, 11) is 0. The summed E-state index contributed by atoms with van der Waals surface area (Å²) in [5, 5.41) is 0. The van der Waals surface area contributed by atoms with Gasteiger partial charge < -0.3 is 10.5 Å². The van der Waals surface area contributed by atoms with Crippen LogP contribution in [0.3, 0.4) is 0 Å². The maximum Gasteiger partial charge on any atom is 0.124 e. The highest BCUT2D eigenvalue weighted by molar-refractivity contribution is 5.35. The molecule has 0 aliphatic carbocycles. The van der Waals surface area contributed by atoms with Crippen molar-refractivity contribution in [1.29, 1.82) is 0 Å². The molecule has 0 aliphatic rings. The van der Waals surface area contributed by atoms with E-state index >= 15 is 0 Å². The summed E-state index contributed by atoms with van der Waals surface area (Å²) in [6.07, 6.45) is 1.83. The average molecular weight is 255 g/mol. The van der Waals surface area contributed by atoms with Gasteiger partial charge in [0.2, 0.25) is 0 Å². The van der Waals surface area contributed by atoms with Gasteiger partial charge in [-0.25, -0.2) is 0 Å². The first-order valence-corrected chi connectivity index (χ1v) is 6.82. The van der Waals surface area contributed by atoms with Crippen LogP contribution in [0.4, 0.5) is 0 Å². The maximum absolute atomic E-state index is 6.10. The molecule has 2 N–H and O–H groups in total. The summed E-state index contributed by atoms with van der Waals surface area (Å²) in [6.45, 7) is 2.77. The fourth-order valence-corrected chi connectivity index (χ4v) is 2.06. The molecule has 2 rings (SSSR count). The van der Waals surface area contributed by atoms with Crippen LogP contribution in [0.5, 0.6) is 5.75 Å². The molecule has 19 heavy (non-hydrogen) atoms. The van der Waals surface area contributed by atoms with Gasteiger partial charge in [0.25, 0.3) is 0 Å². The lowest BCUT2D eigenvalue weighted by atomic mass is 10.0. The highest BCUT2D eigenvalue weighted by atomic mass is 16.5. The topological polar surface area (TPSA) is 35.2 Å². The third-order valence-electron chi connectivity index (χ3n) is 3.25. The molecule has 0 unspecified atom stereocenters. The standard InChI is InChI=1S/C17H21NO/c1-2-16(18)15-10-6-7-11-17(15)19-13-12-14-8-4-3-5-9-14/h3-11,16H,2,12-13,18H2,1H3/t16-/m0/s1. The van der Waals surface area contributed by atoms with Crippen molar-refractivity contribution in [3.63, 3.8) is 0 Å². The van der Waals surface area contributed by atoms with E-state index in [1.807, 2.05) is 30.3 Å². The fraction of sp³-hybridized carbons (Fsp3) is 0.294. The Labute approximate surface area is 115 Å². The van der Waals surface area contributed by atoms with Gasteiger partial charge in [-0.1, -0.05) is 55.5 Å². The second kappa shape index (κ2) is 6.95. The Morgan fingerprint density at radius 3 is 2.42 bits per heavy atom. The molecule has 0 aliphatic heterocycles. The summed E-state index contributed by atoms with van der Waals surface area (Å²) in [5.74, 6) is 0.910. The molecule has 0 aromatic heterocycles. The normalized spacial score (nSPS) is 12.1. The van der Waals surface area contributed by atoms with Crippen molar-refractivity contribution in [2.24, 2.45) is 5.73 Å². The van der Waals surface area contributed by atoms with Crippen LogP contribution in [0, 0.1) is 0 Å². The molecule has 100 valence electrons. The van der Waals surface area contributed by atoms with Crippen LogP contribution >= 0.6 is 0 Å². The van der Waals surface area contributed by atoms with Crippen molar-refractivity contribution >= 4 is 0 Å². The molecule has 0 bridgehead atoms. The predicted molar refractivity (Wildman–Crippen MR) is 79.3 cm³/mol. The van der Waals surface area contributed by atoms with Crippen LogP contribution in [-0.4, -0.2) is 6.61 Å². The summed E-state index contributed by atoms with van der Waals surface area (Å²) < 4.78 is 5.88. The van der Waals surface area contributed by atoms with Gasteiger partial charge in [-0.3, -0.25) is 0 Å². The molecular weight excluding hydrogens is 234 g/mol. The molecule has 2 nitrogen and oxygen atoms in total. The zero-order chi connectivity index (χ0) is 13.5. The Morgan fingerprint density at radius 2 is 1.68 bits per heavy atom. The van der Waals surface area contributed by atoms with E-state index in [-0.39, 0.29) is 6.04 Å². The van der Waals surface area contributed by atoms with Gasteiger partial charge in [-0.15, -0.1) is 0 Å². The lowest BCUT2D eigenvalue weighted by Gasteiger charge is -2.15. The van der Waals surface area contributed by atoms with Gasteiger partial charge in [0.05, 0.1) is 6.61 Å². The van der Waals surface area contributed by atoms with Crippen LogP contribution in [-0.2, 0) is 6.42 Å². The van der Waals surface area contributed by atoms with E-state index in [2.05, 4.69) is 31.2 Å². The first-order valence-electron chi connectivity index (χ1n) is 6.82. The molecule has 2 aromatic carbocycles. The van der Waals surface area contributed by atoms with Gasteiger partial charge in [-0.2, -0.15) is 0 Å². The summed E-state index contributed by atoms with van der Waals surface area (Å²) in [5.41, 5.74) is 8.48. The van der Waals surface area contributed by atoms with Gasteiger partial charge in [0.1, 0.15) is 5.75 Å². The third-order valence-corrected chi connectivity index (χ3v) is 3.25. The molecule has 0 saturated carbocycles. The van der Waals surface area contributed by atoms with Crippen molar-refractivity contribution in [2.45, 2.75) is 25.8 Å². The summed E-state index contributed by atoms with van der Waals surface area (Å²) in [6, 6.07) is 18.5. The van der Waals surface area contributed by atoms with Crippen LogP contribution in [0.15, 0.2) is 54.6 Å². The summed E-state index contributed by atoms with van der Waals surface area (Å²) >= 11 is 0. The van der Waals surface area contributed by atoms with E-state index in [0.29, 0.717) is 6.61 Å². The number of benzene rings is 2. The number of nitrogens with two attached hydrogens (primary N) is 1. The fourth-order valence-electron chi connectivity index (χ4n) is 2.06. The lowest BCUT2D eigenvalue weighted by molar-refractivity contribution is 0.316. The minimum absolute atomic E-state index is 0.0490. The monoisotopic (exact) mass is 255 g/mol. The zero-order valence-corrected chi connectivity index (χ0v) is 11.4. The van der Waals surface area contributed by atoms with Crippen molar-refractivity contribution < 1.29 is 4.74 Å². The van der Waals surface area contributed by atoms with Crippen LogP contribution in [0.1, 0.15) is 30.5 Å². The largest absolute Gasteiger partial charge is 0.493 e. The second-order valence-electron chi connectivity index (χ2n) is 4.64. The molecule has 0 amide bonds. The molecule has 0 fully saturated rings. The number of hydrogen-bond donors (Lipinski definition) is 1. The molecule has 0 spiro atoms. The number of para-hydroxylation sites is 1. The minimum atomic E-state index is 0.0490. The SMILES string of the molecule is CC[C@H](N)c1ccccc1OCCc1ccccc1. The molecule has 2 aromatic rings. The first-order chi connectivity index (χ1) is 9.31. The smallest absolute Gasteiger partial charge is 0.124 e. The van der Waals surface area contributed by atoms with Crippen molar-refractivity contribution in [3.05, 3.63) is 65.7 Å². The maximum atomic E-state index is 6.10.